The summed E-state index contributed by atoms with van der Waals surface area (Å²) in [6, 6.07) is 5.16. The molecular formula is C15H15N3O3. The number of aromatic nitrogens is 1. The number of nitro groups is 1. The topological polar surface area (TPSA) is 76.3 Å². The fourth-order valence-electron chi connectivity index (χ4n) is 2.75. The van der Waals surface area contributed by atoms with Gasteiger partial charge in [-0.2, -0.15) is 0 Å². The van der Waals surface area contributed by atoms with Gasteiger partial charge < -0.3 is 4.90 Å². The molecule has 108 valence electrons. The number of ketones is 1. The molecule has 0 saturated carbocycles. The number of piperidine rings is 1. The molecule has 0 aliphatic carbocycles. The van der Waals surface area contributed by atoms with Crippen LogP contribution in [0.5, 0.6) is 0 Å². The van der Waals surface area contributed by atoms with E-state index in [1.807, 2.05) is 13.0 Å². The van der Waals surface area contributed by atoms with E-state index in [-0.39, 0.29) is 16.4 Å². The molecule has 0 atom stereocenters. The minimum atomic E-state index is -0.386. The van der Waals surface area contributed by atoms with Gasteiger partial charge >= 0.3 is 0 Å². The van der Waals surface area contributed by atoms with E-state index in [9.17, 15) is 14.9 Å². The molecule has 0 radical (unpaired) electrons. The van der Waals surface area contributed by atoms with Crippen molar-refractivity contribution in [1.82, 2.24) is 4.98 Å². The van der Waals surface area contributed by atoms with E-state index >= 15 is 0 Å². The van der Waals surface area contributed by atoms with Crippen molar-refractivity contribution in [2.24, 2.45) is 0 Å². The van der Waals surface area contributed by atoms with E-state index in [0.717, 1.165) is 16.8 Å². The van der Waals surface area contributed by atoms with Gasteiger partial charge in [0.25, 0.3) is 5.69 Å². The summed E-state index contributed by atoms with van der Waals surface area (Å²) in [5.41, 5.74) is 1.82. The van der Waals surface area contributed by atoms with Crippen LogP contribution in [0, 0.1) is 17.0 Å². The van der Waals surface area contributed by atoms with Gasteiger partial charge in [0.2, 0.25) is 0 Å². The summed E-state index contributed by atoms with van der Waals surface area (Å²) in [4.78, 5) is 28.4. The Kier molecular flexibility index (Phi) is 3.29. The second kappa shape index (κ2) is 5.12. The molecule has 0 spiro atoms. The predicted octanol–water partition coefficient (Wildman–Crippen LogP) is 2.62. The van der Waals surface area contributed by atoms with Crippen LogP contribution in [0.15, 0.2) is 24.4 Å². The first kappa shape index (κ1) is 13.5. The van der Waals surface area contributed by atoms with Crippen LogP contribution in [-0.4, -0.2) is 28.8 Å². The Morgan fingerprint density at radius 1 is 1.24 bits per heavy atom. The number of pyridine rings is 1. The maximum atomic E-state index is 11.4. The molecular weight excluding hydrogens is 270 g/mol. The van der Waals surface area contributed by atoms with Gasteiger partial charge in [0.15, 0.2) is 0 Å². The maximum Gasteiger partial charge on any atom is 0.278 e. The van der Waals surface area contributed by atoms with Crippen molar-refractivity contribution in [3.63, 3.8) is 0 Å². The Labute approximate surface area is 121 Å². The lowest BCUT2D eigenvalue weighted by Gasteiger charge is -2.29. The second-order valence-corrected chi connectivity index (χ2v) is 5.26. The van der Waals surface area contributed by atoms with Crippen molar-refractivity contribution in [1.29, 1.82) is 0 Å². The molecule has 0 N–H and O–H groups in total. The molecule has 1 aliphatic heterocycles. The number of non-ortho nitro benzene ring substituents is 1. The number of carbonyl (C=O) groups excluding carboxylic acids is 1. The molecule has 2 aromatic rings. The van der Waals surface area contributed by atoms with Crippen molar-refractivity contribution in [3.05, 3.63) is 40.2 Å². The molecule has 3 rings (SSSR count). The number of carbonyl (C=O) groups is 1. The highest BCUT2D eigenvalue weighted by molar-refractivity contribution is 6.00. The smallest absolute Gasteiger partial charge is 0.278 e. The lowest BCUT2D eigenvalue weighted by molar-refractivity contribution is -0.383. The zero-order chi connectivity index (χ0) is 15.0. The van der Waals surface area contributed by atoms with Gasteiger partial charge in [-0.15, -0.1) is 0 Å². The third kappa shape index (κ3) is 2.44. The van der Waals surface area contributed by atoms with Gasteiger partial charge in [-0.3, -0.25) is 19.9 Å². The van der Waals surface area contributed by atoms with Gasteiger partial charge in [-0.05, 0) is 19.1 Å². The van der Waals surface area contributed by atoms with Gasteiger partial charge in [-0.1, -0.05) is 0 Å². The van der Waals surface area contributed by atoms with Crippen LogP contribution in [0.3, 0.4) is 0 Å². The molecule has 1 saturated heterocycles. The van der Waals surface area contributed by atoms with E-state index < -0.39 is 0 Å². The Hall–Kier alpha value is -2.50. The number of nitrogens with zero attached hydrogens (tertiary/aromatic N) is 3. The monoisotopic (exact) mass is 285 g/mol. The largest absolute Gasteiger partial charge is 0.370 e. The Bertz CT molecular complexity index is 732. The highest BCUT2D eigenvalue weighted by Gasteiger charge is 2.21. The van der Waals surface area contributed by atoms with Crippen LogP contribution in [0.4, 0.5) is 11.4 Å². The molecule has 1 aromatic heterocycles. The molecule has 6 nitrogen and oxygen atoms in total. The van der Waals surface area contributed by atoms with E-state index in [4.69, 9.17) is 0 Å². The van der Waals surface area contributed by atoms with Gasteiger partial charge in [0, 0.05) is 55.0 Å². The minimum Gasteiger partial charge on any atom is -0.370 e. The van der Waals surface area contributed by atoms with Crippen LogP contribution < -0.4 is 4.90 Å². The van der Waals surface area contributed by atoms with Gasteiger partial charge in [0.1, 0.15) is 5.78 Å². The molecule has 6 heteroatoms. The minimum absolute atomic E-state index is 0.0642. The number of aryl methyl sites for hydroxylation is 1. The van der Waals surface area contributed by atoms with Crippen LogP contribution in [0.1, 0.15) is 18.5 Å². The van der Waals surface area contributed by atoms with Crippen molar-refractivity contribution in [2.45, 2.75) is 19.8 Å². The Morgan fingerprint density at radius 3 is 2.62 bits per heavy atom. The third-order valence-corrected chi connectivity index (χ3v) is 3.85. The van der Waals surface area contributed by atoms with Crippen LogP contribution in [-0.2, 0) is 4.79 Å². The number of nitro benzene ring substituents is 1. The molecule has 0 unspecified atom stereocenters. The summed E-state index contributed by atoms with van der Waals surface area (Å²) in [6.45, 7) is 3.18. The maximum absolute atomic E-state index is 11.4. The molecule has 1 aromatic carbocycles. The molecule has 21 heavy (non-hydrogen) atoms. The number of anilines is 1. The summed E-state index contributed by atoms with van der Waals surface area (Å²) in [6.07, 6.45) is 2.62. The van der Waals surface area contributed by atoms with Gasteiger partial charge in [0.05, 0.1) is 10.3 Å². The quantitative estimate of drug-likeness (QED) is 0.626. The number of hydrogen-bond acceptors (Lipinski definition) is 5. The van der Waals surface area contributed by atoms with E-state index in [2.05, 4.69) is 9.88 Å². The summed E-state index contributed by atoms with van der Waals surface area (Å²) in [7, 11) is 0. The third-order valence-electron chi connectivity index (χ3n) is 3.85. The van der Waals surface area contributed by atoms with Crippen LogP contribution in [0.2, 0.25) is 0 Å². The van der Waals surface area contributed by atoms with Crippen molar-refractivity contribution in [2.75, 3.05) is 18.0 Å². The normalized spacial score (nSPS) is 15.5. The fourth-order valence-corrected chi connectivity index (χ4v) is 2.75. The highest BCUT2D eigenvalue weighted by atomic mass is 16.6. The zero-order valence-corrected chi connectivity index (χ0v) is 11.7. The van der Waals surface area contributed by atoms with E-state index in [1.54, 1.807) is 12.3 Å². The number of fused-ring (bicyclic) bond motifs is 1. The molecule has 1 aliphatic rings. The molecule has 0 amide bonds. The van der Waals surface area contributed by atoms with Crippen molar-refractivity contribution in [3.8, 4) is 0 Å². The molecule has 1 fully saturated rings. The first-order valence-corrected chi connectivity index (χ1v) is 6.86. The SMILES string of the molecule is Cc1cc2c(N3CCC(=O)CC3)ccc([N+](=O)[O-])c2cn1. The molecule has 2 heterocycles. The second-order valence-electron chi connectivity index (χ2n) is 5.26. The Morgan fingerprint density at radius 2 is 1.95 bits per heavy atom. The molecule has 0 bridgehead atoms. The van der Waals surface area contributed by atoms with E-state index in [1.165, 1.54) is 6.07 Å². The summed E-state index contributed by atoms with van der Waals surface area (Å²) in [5.74, 6) is 0.273. The number of Topliss-reactive ketones (excluding diaryl/α,β-unsaturated/α-hetero) is 1. The highest BCUT2D eigenvalue weighted by Crippen LogP contribution is 2.34. The first-order valence-electron chi connectivity index (χ1n) is 6.86. The van der Waals surface area contributed by atoms with Gasteiger partial charge in [-0.25, -0.2) is 0 Å². The average molecular weight is 285 g/mol. The van der Waals surface area contributed by atoms with Crippen molar-refractivity contribution < 1.29 is 9.72 Å². The number of hydrogen-bond donors (Lipinski definition) is 0. The summed E-state index contributed by atoms with van der Waals surface area (Å²) >= 11 is 0. The summed E-state index contributed by atoms with van der Waals surface area (Å²) < 4.78 is 0. The number of rotatable bonds is 2. The van der Waals surface area contributed by atoms with Crippen LogP contribution >= 0.6 is 0 Å². The lowest BCUT2D eigenvalue weighted by Crippen LogP contribution is -2.33. The zero-order valence-electron chi connectivity index (χ0n) is 11.7. The fraction of sp³-hybridized carbons (Fsp3) is 0.333. The Balaban J connectivity index is 2.15. The lowest BCUT2D eigenvalue weighted by atomic mass is 10.0. The first-order chi connectivity index (χ1) is 10.1. The average Bonchev–Trinajstić information content (AvgIpc) is 2.46. The summed E-state index contributed by atoms with van der Waals surface area (Å²) in [5, 5.41) is 12.5. The van der Waals surface area contributed by atoms with E-state index in [0.29, 0.717) is 31.3 Å². The van der Waals surface area contributed by atoms with Crippen LogP contribution in [0.25, 0.3) is 10.8 Å². The number of benzene rings is 1. The van der Waals surface area contributed by atoms with Crippen molar-refractivity contribution >= 4 is 27.9 Å². The standard InChI is InChI=1S/C15H15N3O3/c1-10-8-12-13(9-16-10)15(18(20)21)3-2-14(12)17-6-4-11(19)5-7-17/h2-3,8-9H,4-7H2,1H3. The predicted molar refractivity (Wildman–Crippen MR) is 79.6 cm³/mol.